The predicted octanol–water partition coefficient (Wildman–Crippen LogP) is 2.52. The van der Waals surface area contributed by atoms with E-state index in [-0.39, 0.29) is 5.70 Å². The number of nitrogens with two attached hydrogens (primary N) is 1. The maximum Gasteiger partial charge on any atom is 0.412 e. The van der Waals surface area contributed by atoms with Crippen molar-refractivity contribution in [2.24, 2.45) is 5.73 Å². The summed E-state index contributed by atoms with van der Waals surface area (Å²) in [6.07, 6.45) is -0.926. The average Bonchev–Trinajstić information content (AvgIpc) is 1.97. The Morgan fingerprint density at radius 2 is 1.83 bits per heavy atom. The third kappa shape index (κ3) is 3.85. The summed E-state index contributed by atoms with van der Waals surface area (Å²) < 4.78 is 35.5. The molecule has 0 amide bonds. The molecule has 0 saturated heterocycles. The first kappa shape index (κ1) is 10.8. The van der Waals surface area contributed by atoms with E-state index in [0.29, 0.717) is 0 Å². The van der Waals surface area contributed by atoms with Crippen LogP contribution in [0.2, 0.25) is 0 Å². The molecule has 0 heterocycles. The second-order valence-corrected chi connectivity index (χ2v) is 2.22. The minimum atomic E-state index is -4.28. The first-order valence-electron chi connectivity index (χ1n) is 3.21. The van der Waals surface area contributed by atoms with E-state index in [1.807, 2.05) is 0 Å². The van der Waals surface area contributed by atoms with E-state index in [1.165, 1.54) is 6.08 Å². The van der Waals surface area contributed by atoms with Crippen molar-refractivity contribution in [2.75, 3.05) is 0 Å². The van der Waals surface area contributed by atoms with E-state index in [9.17, 15) is 13.2 Å². The number of hydrogen-bond donors (Lipinski definition) is 1. The zero-order valence-corrected chi connectivity index (χ0v) is 6.65. The monoisotopic (exact) mass is 177 g/mol. The molecule has 0 aromatic carbocycles. The smallest absolute Gasteiger partial charge is 0.399 e. The van der Waals surface area contributed by atoms with Gasteiger partial charge in [0.25, 0.3) is 0 Å². The quantitative estimate of drug-likeness (QED) is 0.644. The first-order chi connectivity index (χ1) is 5.38. The lowest BCUT2D eigenvalue weighted by Crippen LogP contribution is -2.08. The molecule has 4 heteroatoms. The molecule has 2 N–H and O–H groups in total. The van der Waals surface area contributed by atoms with E-state index in [1.54, 1.807) is 0 Å². The van der Waals surface area contributed by atoms with Crippen molar-refractivity contribution in [3.63, 3.8) is 0 Å². The van der Waals surface area contributed by atoms with Crippen molar-refractivity contribution in [3.05, 3.63) is 36.1 Å². The maximum atomic E-state index is 11.8. The second-order valence-electron chi connectivity index (χ2n) is 2.22. The van der Waals surface area contributed by atoms with Crippen molar-refractivity contribution in [1.29, 1.82) is 0 Å². The number of alkyl halides is 3. The van der Waals surface area contributed by atoms with Crippen molar-refractivity contribution >= 4 is 0 Å². The molecule has 0 saturated carbocycles. The highest BCUT2D eigenvalue weighted by molar-refractivity contribution is 5.22. The Kier molecular flexibility index (Phi) is 3.60. The van der Waals surface area contributed by atoms with Crippen molar-refractivity contribution in [2.45, 2.75) is 13.1 Å². The van der Waals surface area contributed by atoms with Gasteiger partial charge in [-0.2, -0.15) is 13.2 Å². The maximum absolute atomic E-state index is 11.8. The van der Waals surface area contributed by atoms with Gasteiger partial charge in [0.1, 0.15) is 0 Å². The van der Waals surface area contributed by atoms with E-state index < -0.39 is 11.7 Å². The summed E-state index contributed by atoms with van der Waals surface area (Å²) in [5.41, 5.74) is 4.72. The number of halogens is 3. The van der Waals surface area contributed by atoms with Crippen LogP contribution in [0.15, 0.2) is 36.1 Å². The van der Waals surface area contributed by atoms with E-state index in [2.05, 4.69) is 6.58 Å². The van der Waals surface area contributed by atoms with Crippen LogP contribution in [-0.4, -0.2) is 6.18 Å². The summed E-state index contributed by atoms with van der Waals surface area (Å²) >= 11 is 0. The first-order valence-corrected chi connectivity index (χ1v) is 3.21. The summed E-state index contributed by atoms with van der Waals surface area (Å²) in [5, 5.41) is 0. The highest BCUT2D eigenvalue weighted by atomic mass is 19.4. The van der Waals surface area contributed by atoms with Gasteiger partial charge in [-0.3, -0.25) is 0 Å². The SMILES string of the molecule is C=C/C(N)=C\C=C(/C)C(F)(F)F. The molecule has 0 aromatic heterocycles. The van der Waals surface area contributed by atoms with Gasteiger partial charge in [0, 0.05) is 11.3 Å². The molecule has 1 nitrogen and oxygen atoms in total. The summed E-state index contributed by atoms with van der Waals surface area (Å²) in [6.45, 7) is 4.28. The van der Waals surface area contributed by atoms with Gasteiger partial charge in [0.2, 0.25) is 0 Å². The summed E-state index contributed by atoms with van der Waals surface area (Å²) in [5.74, 6) is 0. The largest absolute Gasteiger partial charge is 0.412 e. The van der Waals surface area contributed by atoms with Gasteiger partial charge in [-0.15, -0.1) is 0 Å². The molecule has 0 aliphatic heterocycles. The van der Waals surface area contributed by atoms with Crippen LogP contribution in [-0.2, 0) is 0 Å². The third-order valence-corrected chi connectivity index (χ3v) is 1.21. The fraction of sp³-hybridized carbons (Fsp3) is 0.250. The van der Waals surface area contributed by atoms with Crippen LogP contribution >= 0.6 is 0 Å². The fourth-order valence-electron chi connectivity index (χ4n) is 0.384. The summed E-state index contributed by atoms with van der Waals surface area (Å²) in [6, 6.07) is 0. The van der Waals surface area contributed by atoms with Gasteiger partial charge in [-0.25, -0.2) is 0 Å². The molecular weight excluding hydrogens is 167 g/mol. The van der Waals surface area contributed by atoms with Gasteiger partial charge in [-0.1, -0.05) is 12.7 Å². The van der Waals surface area contributed by atoms with Crippen molar-refractivity contribution in [1.82, 2.24) is 0 Å². The molecule has 0 aliphatic carbocycles. The Hall–Kier alpha value is -1.19. The Morgan fingerprint density at radius 3 is 2.17 bits per heavy atom. The molecule has 0 fully saturated rings. The van der Waals surface area contributed by atoms with Gasteiger partial charge < -0.3 is 5.73 Å². The second kappa shape index (κ2) is 3.99. The molecular formula is C8H10F3N. The molecule has 12 heavy (non-hydrogen) atoms. The van der Waals surface area contributed by atoms with Gasteiger partial charge in [-0.05, 0) is 19.1 Å². The van der Waals surface area contributed by atoms with Gasteiger partial charge in [0.15, 0.2) is 0 Å². The summed E-state index contributed by atoms with van der Waals surface area (Å²) in [4.78, 5) is 0. The Labute approximate surface area is 69.1 Å². The normalized spacial score (nSPS) is 14.7. The number of rotatable bonds is 2. The Balaban J connectivity index is 4.49. The van der Waals surface area contributed by atoms with Crippen LogP contribution < -0.4 is 5.73 Å². The fourth-order valence-corrected chi connectivity index (χ4v) is 0.384. The molecule has 0 spiro atoms. The Bertz CT molecular complexity index is 223. The lowest BCUT2D eigenvalue weighted by molar-refractivity contribution is -0.0912. The molecule has 0 aliphatic rings. The highest BCUT2D eigenvalue weighted by Gasteiger charge is 2.29. The molecule has 0 aromatic rings. The zero-order valence-electron chi connectivity index (χ0n) is 6.65. The van der Waals surface area contributed by atoms with Gasteiger partial charge >= 0.3 is 6.18 Å². The van der Waals surface area contributed by atoms with Crippen LogP contribution in [0.3, 0.4) is 0 Å². The van der Waals surface area contributed by atoms with Crippen LogP contribution in [0.5, 0.6) is 0 Å². The third-order valence-electron chi connectivity index (χ3n) is 1.21. The van der Waals surface area contributed by atoms with Crippen LogP contribution in [0, 0.1) is 0 Å². The molecule has 68 valence electrons. The lowest BCUT2D eigenvalue weighted by Gasteiger charge is -2.04. The topological polar surface area (TPSA) is 26.0 Å². The summed E-state index contributed by atoms with van der Waals surface area (Å²) in [7, 11) is 0. The minimum absolute atomic E-state index is 0.207. The van der Waals surface area contributed by atoms with Crippen LogP contribution in [0.1, 0.15) is 6.92 Å². The lowest BCUT2D eigenvalue weighted by atomic mass is 10.2. The standard InChI is InChI=1S/C8H10F3N/c1-3-7(12)5-4-6(2)8(9,10)11/h3-5H,1,12H2,2H3/b6-4+,7-5+. The zero-order chi connectivity index (χ0) is 9.78. The Morgan fingerprint density at radius 1 is 1.33 bits per heavy atom. The van der Waals surface area contributed by atoms with Gasteiger partial charge in [0.05, 0.1) is 0 Å². The van der Waals surface area contributed by atoms with Crippen LogP contribution in [0.25, 0.3) is 0 Å². The molecule has 0 rings (SSSR count). The van der Waals surface area contributed by atoms with E-state index in [4.69, 9.17) is 5.73 Å². The number of allylic oxidation sites excluding steroid dienone is 4. The van der Waals surface area contributed by atoms with Crippen LogP contribution in [0.4, 0.5) is 13.2 Å². The van der Waals surface area contributed by atoms with E-state index in [0.717, 1.165) is 19.1 Å². The average molecular weight is 177 g/mol. The predicted molar refractivity (Wildman–Crippen MR) is 42.3 cm³/mol. The minimum Gasteiger partial charge on any atom is -0.399 e. The molecule has 0 atom stereocenters. The molecule has 0 unspecified atom stereocenters. The highest BCUT2D eigenvalue weighted by Crippen LogP contribution is 2.24. The van der Waals surface area contributed by atoms with Crippen molar-refractivity contribution in [3.8, 4) is 0 Å². The molecule has 0 radical (unpaired) electrons. The van der Waals surface area contributed by atoms with E-state index >= 15 is 0 Å². The number of hydrogen-bond acceptors (Lipinski definition) is 1. The molecule has 0 bridgehead atoms. The van der Waals surface area contributed by atoms with Crippen molar-refractivity contribution < 1.29 is 13.2 Å².